The number of ether oxygens (including phenoxy) is 2. The second-order valence-electron chi connectivity index (χ2n) is 8.98. The minimum atomic E-state index is -0.0444. The molecule has 0 spiro atoms. The number of benzene rings is 3. The van der Waals surface area contributed by atoms with Crippen LogP contribution in [0.4, 0.5) is 0 Å². The third-order valence-electron chi connectivity index (χ3n) is 6.65. The number of aromatic hydroxyl groups is 1. The summed E-state index contributed by atoms with van der Waals surface area (Å²) in [7, 11) is 1.63. The maximum atomic E-state index is 13.7. The quantitative estimate of drug-likeness (QED) is 0.344. The molecule has 1 saturated heterocycles. The molecule has 5 nitrogen and oxygen atoms in total. The van der Waals surface area contributed by atoms with Crippen molar-refractivity contribution in [1.82, 2.24) is 0 Å². The maximum Gasteiger partial charge on any atom is 0.195 e. The van der Waals surface area contributed by atoms with Crippen molar-refractivity contribution in [3.63, 3.8) is 0 Å². The van der Waals surface area contributed by atoms with Crippen molar-refractivity contribution in [1.29, 1.82) is 0 Å². The summed E-state index contributed by atoms with van der Waals surface area (Å²) in [6.45, 7) is 4.17. The number of rotatable bonds is 8. The van der Waals surface area contributed by atoms with E-state index in [0.29, 0.717) is 17.7 Å². The molecule has 1 aliphatic heterocycles. The minimum absolute atomic E-state index is 0.0444. The fourth-order valence-corrected chi connectivity index (χ4v) is 5.96. The molecule has 0 bridgehead atoms. The van der Waals surface area contributed by atoms with Gasteiger partial charge in [0.25, 0.3) is 0 Å². The molecular formula is C29H30NO4S+. The van der Waals surface area contributed by atoms with Crippen LogP contribution in [0.3, 0.4) is 0 Å². The number of piperidine rings is 1. The van der Waals surface area contributed by atoms with Crippen LogP contribution >= 0.6 is 11.3 Å². The first kappa shape index (κ1) is 23.4. The molecule has 180 valence electrons. The van der Waals surface area contributed by atoms with E-state index in [4.69, 9.17) is 9.47 Å². The Morgan fingerprint density at radius 1 is 0.943 bits per heavy atom. The molecule has 0 radical (unpaired) electrons. The second-order valence-corrected chi connectivity index (χ2v) is 10.0. The van der Waals surface area contributed by atoms with E-state index in [1.807, 2.05) is 54.6 Å². The van der Waals surface area contributed by atoms with Crippen molar-refractivity contribution in [2.75, 3.05) is 33.4 Å². The lowest BCUT2D eigenvalue weighted by Gasteiger charge is -2.23. The summed E-state index contributed by atoms with van der Waals surface area (Å²) in [6.07, 6.45) is 3.96. The molecule has 6 heteroatoms. The van der Waals surface area contributed by atoms with Gasteiger partial charge in [-0.05, 0) is 91.6 Å². The Morgan fingerprint density at radius 3 is 2.37 bits per heavy atom. The molecule has 0 unspecified atom stereocenters. The summed E-state index contributed by atoms with van der Waals surface area (Å²) < 4.78 is 12.1. The average Bonchev–Trinajstić information content (AvgIpc) is 3.28. The number of phenolic OH excluding ortho intramolecular Hbond substituents is 1. The van der Waals surface area contributed by atoms with Crippen LogP contribution in [0.15, 0.2) is 66.7 Å². The van der Waals surface area contributed by atoms with Gasteiger partial charge in [0.15, 0.2) is 5.78 Å². The number of ketones is 1. The zero-order valence-electron chi connectivity index (χ0n) is 19.9. The molecule has 1 aromatic heterocycles. The number of quaternary nitrogens is 1. The van der Waals surface area contributed by atoms with E-state index in [2.05, 4.69) is 0 Å². The highest BCUT2D eigenvalue weighted by molar-refractivity contribution is 7.22. The van der Waals surface area contributed by atoms with Gasteiger partial charge in [0.05, 0.1) is 20.2 Å². The molecule has 4 aromatic rings. The summed E-state index contributed by atoms with van der Waals surface area (Å²) in [5.41, 5.74) is 2.20. The van der Waals surface area contributed by atoms with E-state index in [1.165, 1.54) is 43.7 Å². The molecule has 35 heavy (non-hydrogen) atoms. The van der Waals surface area contributed by atoms with Crippen LogP contribution in [0.2, 0.25) is 0 Å². The Labute approximate surface area is 209 Å². The van der Waals surface area contributed by atoms with E-state index < -0.39 is 0 Å². The Kier molecular flexibility index (Phi) is 7.02. The second kappa shape index (κ2) is 10.5. The van der Waals surface area contributed by atoms with Crippen LogP contribution in [0, 0.1) is 0 Å². The van der Waals surface area contributed by atoms with Crippen LogP contribution in [-0.2, 0) is 0 Å². The molecule has 0 amide bonds. The third kappa shape index (κ3) is 5.19. The van der Waals surface area contributed by atoms with Crippen molar-refractivity contribution in [2.24, 2.45) is 0 Å². The lowest BCUT2D eigenvalue weighted by atomic mass is 9.97. The number of nitrogens with one attached hydrogen (secondary N) is 1. The number of carbonyl (C=O) groups is 1. The molecule has 3 aromatic carbocycles. The Hall–Kier alpha value is -3.35. The molecule has 2 N–H and O–H groups in total. The van der Waals surface area contributed by atoms with Crippen molar-refractivity contribution < 1.29 is 24.3 Å². The normalized spacial score (nSPS) is 14.2. The summed E-state index contributed by atoms with van der Waals surface area (Å²) >= 11 is 1.51. The molecular weight excluding hydrogens is 458 g/mol. The largest absolute Gasteiger partial charge is 0.508 e. The maximum absolute atomic E-state index is 13.7. The number of carbonyl (C=O) groups excluding carboxylic acids is 1. The average molecular weight is 489 g/mol. The molecule has 1 fully saturated rings. The summed E-state index contributed by atoms with van der Waals surface area (Å²) in [5, 5.41) is 10.8. The number of phenols is 1. The number of hydrogen-bond acceptors (Lipinski definition) is 5. The molecule has 0 aliphatic carbocycles. The van der Waals surface area contributed by atoms with Crippen LogP contribution < -0.4 is 14.4 Å². The Morgan fingerprint density at radius 2 is 1.66 bits per heavy atom. The van der Waals surface area contributed by atoms with E-state index in [9.17, 15) is 9.90 Å². The highest BCUT2D eigenvalue weighted by Gasteiger charge is 2.22. The number of hydrogen-bond donors (Lipinski definition) is 2. The van der Waals surface area contributed by atoms with Gasteiger partial charge in [-0.3, -0.25) is 4.79 Å². The zero-order chi connectivity index (χ0) is 24.2. The molecule has 1 aliphatic rings. The highest BCUT2D eigenvalue weighted by Crippen LogP contribution is 2.41. The van der Waals surface area contributed by atoms with Crippen molar-refractivity contribution in [2.45, 2.75) is 19.3 Å². The topological polar surface area (TPSA) is 60.2 Å². The molecule has 0 saturated carbocycles. The Balaban J connectivity index is 1.39. The van der Waals surface area contributed by atoms with Gasteiger partial charge in [-0.2, -0.15) is 0 Å². The van der Waals surface area contributed by atoms with E-state index in [1.54, 1.807) is 24.1 Å². The Bertz CT molecular complexity index is 1310. The van der Waals surface area contributed by atoms with Gasteiger partial charge >= 0.3 is 0 Å². The summed E-state index contributed by atoms with van der Waals surface area (Å²) in [5.74, 6) is 1.69. The van der Waals surface area contributed by atoms with Crippen LogP contribution in [0.25, 0.3) is 20.5 Å². The predicted molar refractivity (Wildman–Crippen MR) is 140 cm³/mol. The lowest BCUT2D eigenvalue weighted by Crippen LogP contribution is -3.13. The van der Waals surface area contributed by atoms with Gasteiger partial charge in [-0.25, -0.2) is 0 Å². The van der Waals surface area contributed by atoms with E-state index >= 15 is 0 Å². The third-order valence-corrected chi connectivity index (χ3v) is 7.86. The van der Waals surface area contributed by atoms with Gasteiger partial charge in [-0.15, -0.1) is 11.3 Å². The number of methoxy groups -OCH3 is 1. The number of thiophene rings is 1. The first-order chi connectivity index (χ1) is 17.1. The van der Waals surface area contributed by atoms with Gasteiger partial charge in [-0.1, -0.05) is 0 Å². The fourth-order valence-electron chi connectivity index (χ4n) is 4.72. The van der Waals surface area contributed by atoms with Gasteiger partial charge in [0.1, 0.15) is 30.4 Å². The summed E-state index contributed by atoms with van der Waals surface area (Å²) in [6, 6.07) is 20.3. The number of fused-ring (bicyclic) bond motifs is 1. The molecule has 2 heterocycles. The fraction of sp³-hybridized carbons (Fsp3) is 0.276. The van der Waals surface area contributed by atoms with Crippen LogP contribution in [-0.4, -0.2) is 44.2 Å². The van der Waals surface area contributed by atoms with Crippen molar-refractivity contribution >= 4 is 27.2 Å². The lowest BCUT2D eigenvalue weighted by molar-refractivity contribution is -0.904. The highest BCUT2D eigenvalue weighted by atomic mass is 32.1. The van der Waals surface area contributed by atoms with Gasteiger partial charge < -0.3 is 19.5 Å². The first-order valence-electron chi connectivity index (χ1n) is 12.1. The van der Waals surface area contributed by atoms with Crippen LogP contribution in [0.5, 0.6) is 17.2 Å². The first-order valence-corrected chi connectivity index (χ1v) is 12.9. The SMILES string of the molecule is COc1ccc(-c2sc3cc(O)ccc3c2C(=O)c2ccc(OCC[NH+]3CCCCC3)cc2)cc1. The number of likely N-dealkylation sites (tertiary alicyclic amines) is 1. The minimum Gasteiger partial charge on any atom is -0.508 e. The standard InChI is InChI=1S/C29H29NO4S/c1-33-23-10-7-21(8-11-23)29-27(25-14-9-22(31)19-26(25)35-29)28(32)20-5-12-24(13-6-20)34-18-17-30-15-3-2-4-16-30/h5-14,19,31H,2-4,15-18H2,1H3/p+1. The smallest absolute Gasteiger partial charge is 0.195 e. The zero-order valence-corrected chi connectivity index (χ0v) is 20.7. The van der Waals surface area contributed by atoms with E-state index in [0.717, 1.165) is 38.6 Å². The van der Waals surface area contributed by atoms with Crippen molar-refractivity contribution in [3.05, 3.63) is 77.9 Å². The van der Waals surface area contributed by atoms with Crippen molar-refractivity contribution in [3.8, 4) is 27.7 Å². The van der Waals surface area contributed by atoms with Gasteiger partial charge in [0.2, 0.25) is 0 Å². The van der Waals surface area contributed by atoms with Crippen LogP contribution in [0.1, 0.15) is 35.2 Å². The molecule has 5 rings (SSSR count). The van der Waals surface area contributed by atoms with E-state index in [-0.39, 0.29) is 11.5 Å². The predicted octanol–water partition coefficient (Wildman–Crippen LogP) is 4.96. The van der Waals surface area contributed by atoms with Gasteiger partial charge in [0, 0.05) is 26.1 Å². The summed E-state index contributed by atoms with van der Waals surface area (Å²) in [4.78, 5) is 16.2. The monoisotopic (exact) mass is 488 g/mol. The molecule has 0 atom stereocenters.